The molecule has 0 unspecified atom stereocenters. The van der Waals surface area contributed by atoms with E-state index in [1.165, 1.54) is 11.0 Å². The molecule has 6 heteroatoms. The van der Waals surface area contributed by atoms with Gasteiger partial charge in [-0.25, -0.2) is 9.69 Å². The second kappa shape index (κ2) is 11.9. The first kappa shape index (κ1) is 32.3. The summed E-state index contributed by atoms with van der Waals surface area (Å²) in [6, 6.07) is 41.6. The molecular formula is C45H37NO5. The van der Waals surface area contributed by atoms with Crippen LogP contribution in [-0.4, -0.2) is 29.7 Å². The molecule has 0 spiro atoms. The second-order valence-corrected chi connectivity index (χ2v) is 14.1. The van der Waals surface area contributed by atoms with Crippen LogP contribution in [-0.2, 0) is 30.0 Å². The number of hydrogen-bond donors (Lipinski definition) is 0. The van der Waals surface area contributed by atoms with Crippen molar-refractivity contribution in [2.45, 2.75) is 44.6 Å². The van der Waals surface area contributed by atoms with E-state index in [0.29, 0.717) is 11.1 Å². The van der Waals surface area contributed by atoms with Crippen molar-refractivity contribution in [3.8, 4) is 0 Å². The maximum absolute atomic E-state index is 16.1. The van der Waals surface area contributed by atoms with Crippen LogP contribution < -0.4 is 4.90 Å². The summed E-state index contributed by atoms with van der Waals surface area (Å²) in [6.07, 6.45) is -0.347. The lowest BCUT2D eigenvalue weighted by atomic mass is 9.59. The summed E-state index contributed by atoms with van der Waals surface area (Å²) in [5.41, 5.74) is 4.05. The number of benzene rings is 5. The number of allylic oxidation sites excluding steroid dienone is 2. The number of imide groups is 1. The molecule has 1 aliphatic heterocycles. The number of esters is 1. The lowest BCUT2D eigenvalue weighted by Gasteiger charge is -2.39. The third-order valence-corrected chi connectivity index (χ3v) is 10.8. The van der Waals surface area contributed by atoms with Crippen molar-refractivity contribution in [1.82, 2.24) is 0 Å². The summed E-state index contributed by atoms with van der Waals surface area (Å²) in [7, 11) is 0. The first-order valence-electron chi connectivity index (χ1n) is 17.4. The highest BCUT2D eigenvalue weighted by molar-refractivity contribution is 6.39. The first-order valence-corrected chi connectivity index (χ1v) is 17.4. The molecule has 2 amide bonds. The summed E-state index contributed by atoms with van der Waals surface area (Å²) in [5, 5.41) is 0. The first-order chi connectivity index (χ1) is 24.6. The molecule has 4 atom stereocenters. The maximum atomic E-state index is 16.1. The third kappa shape index (κ3) is 4.48. The second-order valence-electron chi connectivity index (χ2n) is 14.1. The summed E-state index contributed by atoms with van der Waals surface area (Å²) < 4.78 is 5.45. The smallest absolute Gasteiger partial charge is 0.338 e. The molecule has 3 aliphatic rings. The average Bonchev–Trinajstić information content (AvgIpc) is 3.65. The molecule has 1 saturated carbocycles. The fourth-order valence-corrected chi connectivity index (χ4v) is 8.87. The lowest BCUT2D eigenvalue weighted by molar-refractivity contribution is -0.130. The number of ether oxygens (including phenoxy) is 1. The zero-order valence-electron chi connectivity index (χ0n) is 28.9. The van der Waals surface area contributed by atoms with E-state index >= 15 is 14.4 Å². The van der Waals surface area contributed by atoms with Gasteiger partial charge in [-0.15, -0.1) is 0 Å². The molecule has 1 saturated heterocycles. The van der Waals surface area contributed by atoms with Gasteiger partial charge >= 0.3 is 5.97 Å². The monoisotopic (exact) mass is 671 g/mol. The molecule has 51 heavy (non-hydrogen) atoms. The van der Waals surface area contributed by atoms with Gasteiger partial charge in [-0.3, -0.25) is 14.4 Å². The average molecular weight is 672 g/mol. The Labute approximate surface area is 297 Å². The predicted octanol–water partition coefficient (Wildman–Crippen LogP) is 8.06. The fourth-order valence-electron chi connectivity index (χ4n) is 8.87. The SMILES string of the molecule is Cc1ccc(C2=C(c3ccc(C)cc3)[C@@]3(c4ccccc4)C(=O)[C@@]2(c2ccccc2)[C@H]2C(=O)N(c4cccc(C(=O)OC(C)C)c4)C(=O)[C@@H]23)cc1. The van der Waals surface area contributed by atoms with Gasteiger partial charge < -0.3 is 4.74 Å². The van der Waals surface area contributed by atoms with E-state index in [-0.39, 0.29) is 23.1 Å². The Morgan fingerprint density at radius 3 is 1.49 bits per heavy atom. The number of hydrogen-bond acceptors (Lipinski definition) is 5. The quantitative estimate of drug-likeness (QED) is 0.129. The molecule has 0 aromatic heterocycles. The molecule has 8 rings (SSSR count). The Kier molecular flexibility index (Phi) is 7.53. The number of amides is 2. The molecule has 0 N–H and O–H groups in total. The topological polar surface area (TPSA) is 80.8 Å². The Hall–Kier alpha value is -5.88. The minimum Gasteiger partial charge on any atom is -0.459 e. The summed E-state index contributed by atoms with van der Waals surface area (Å²) in [6.45, 7) is 7.56. The predicted molar refractivity (Wildman–Crippen MR) is 197 cm³/mol. The van der Waals surface area contributed by atoms with Crippen LogP contribution in [0.3, 0.4) is 0 Å². The Morgan fingerprint density at radius 1 is 0.608 bits per heavy atom. The van der Waals surface area contributed by atoms with Crippen LogP contribution in [0.15, 0.2) is 133 Å². The van der Waals surface area contributed by atoms with Crippen molar-refractivity contribution in [2.24, 2.45) is 11.8 Å². The normalized spacial score (nSPS) is 23.7. The fraction of sp³-hybridized carbons (Fsp3) is 0.200. The van der Waals surface area contributed by atoms with E-state index in [1.54, 1.807) is 32.0 Å². The van der Waals surface area contributed by atoms with Gasteiger partial charge in [0.15, 0.2) is 5.78 Å². The Morgan fingerprint density at radius 2 is 1.06 bits per heavy atom. The number of aryl methyl sites for hydroxylation is 2. The maximum Gasteiger partial charge on any atom is 0.338 e. The number of fused-ring (bicyclic) bond motifs is 5. The number of nitrogens with zero attached hydrogens (tertiary/aromatic N) is 1. The number of Topliss-reactive ketones (excluding diaryl/α,β-unsaturated/α-hetero) is 1. The van der Waals surface area contributed by atoms with Crippen molar-refractivity contribution >= 4 is 40.4 Å². The van der Waals surface area contributed by atoms with Gasteiger partial charge in [0.05, 0.1) is 40.0 Å². The molecule has 2 fully saturated rings. The Balaban J connectivity index is 1.48. The molecule has 0 radical (unpaired) electrons. The molecule has 5 aromatic rings. The molecule has 2 bridgehead atoms. The molecular weight excluding hydrogens is 634 g/mol. The van der Waals surface area contributed by atoms with Gasteiger partial charge in [-0.05, 0) is 79.3 Å². The number of rotatable bonds is 7. The van der Waals surface area contributed by atoms with Gasteiger partial charge in [-0.2, -0.15) is 0 Å². The van der Waals surface area contributed by atoms with Crippen molar-refractivity contribution in [3.05, 3.63) is 172 Å². The van der Waals surface area contributed by atoms with Gasteiger partial charge in [0.2, 0.25) is 11.8 Å². The number of carbonyl (C=O) groups is 4. The number of anilines is 1. The van der Waals surface area contributed by atoms with Gasteiger partial charge in [-0.1, -0.05) is 126 Å². The minimum absolute atomic E-state index is 0.177. The van der Waals surface area contributed by atoms with Crippen LogP contribution in [0.1, 0.15) is 57.6 Å². The van der Waals surface area contributed by atoms with E-state index in [1.807, 2.05) is 123 Å². The van der Waals surface area contributed by atoms with E-state index in [4.69, 9.17) is 4.74 Å². The zero-order chi connectivity index (χ0) is 35.7. The van der Waals surface area contributed by atoms with Crippen LogP contribution >= 0.6 is 0 Å². The largest absolute Gasteiger partial charge is 0.459 e. The van der Waals surface area contributed by atoms with Gasteiger partial charge in [0, 0.05) is 0 Å². The lowest BCUT2D eigenvalue weighted by Crippen LogP contribution is -2.45. The van der Waals surface area contributed by atoms with Crippen LogP contribution in [0, 0.1) is 25.7 Å². The number of carbonyl (C=O) groups excluding carboxylic acids is 4. The van der Waals surface area contributed by atoms with E-state index in [9.17, 15) is 4.79 Å². The van der Waals surface area contributed by atoms with Gasteiger partial charge in [0.25, 0.3) is 0 Å². The molecule has 6 nitrogen and oxygen atoms in total. The van der Waals surface area contributed by atoms with Crippen molar-refractivity contribution in [1.29, 1.82) is 0 Å². The Bertz CT molecular complexity index is 2130. The van der Waals surface area contributed by atoms with Crippen LogP contribution in [0.25, 0.3) is 11.1 Å². The van der Waals surface area contributed by atoms with Crippen molar-refractivity contribution in [3.63, 3.8) is 0 Å². The molecule has 1 heterocycles. The molecule has 252 valence electrons. The van der Waals surface area contributed by atoms with Gasteiger partial charge in [0.1, 0.15) is 0 Å². The highest BCUT2D eigenvalue weighted by Crippen LogP contribution is 2.74. The molecule has 5 aromatic carbocycles. The standard InChI is InChI=1S/C45H37NO5/c1-27(2)51-42(49)32-12-11-17-35(26-32)46-40(47)38-39(41(46)48)45(34-15-9-6-10-16-34)37(31-24-20-29(4)21-25-31)36(30-22-18-28(3)19-23-30)44(38,43(45)50)33-13-7-5-8-14-33/h5-27,38-39H,1-4H3/t38-,39-,44-,45-/m1/s1. The summed E-state index contributed by atoms with van der Waals surface area (Å²) >= 11 is 0. The van der Waals surface area contributed by atoms with Crippen molar-refractivity contribution in [2.75, 3.05) is 4.90 Å². The summed E-state index contributed by atoms with van der Waals surface area (Å²) in [5.74, 6) is -3.78. The minimum atomic E-state index is -1.51. The van der Waals surface area contributed by atoms with Crippen molar-refractivity contribution < 1.29 is 23.9 Å². The summed E-state index contributed by atoms with van der Waals surface area (Å²) in [4.78, 5) is 60.8. The van der Waals surface area contributed by atoms with Crippen LogP contribution in [0.4, 0.5) is 5.69 Å². The van der Waals surface area contributed by atoms with E-state index in [0.717, 1.165) is 33.4 Å². The zero-order valence-corrected chi connectivity index (χ0v) is 28.9. The highest BCUT2D eigenvalue weighted by Gasteiger charge is 2.82. The molecule has 2 aliphatic carbocycles. The number of ketones is 1. The van der Waals surface area contributed by atoms with Crippen LogP contribution in [0.2, 0.25) is 0 Å². The van der Waals surface area contributed by atoms with Crippen LogP contribution in [0.5, 0.6) is 0 Å². The van der Waals surface area contributed by atoms with E-state index in [2.05, 4.69) is 0 Å². The van der Waals surface area contributed by atoms with E-state index < -0.39 is 40.4 Å². The highest BCUT2D eigenvalue weighted by atomic mass is 16.5. The third-order valence-electron chi connectivity index (χ3n) is 10.8.